The number of ether oxygens (including phenoxy) is 2. The standard InChI is InChI=1S/C17H16N2O4S/c1-19(24(20)21)12-3-5-13(6-4-12)23-17-9-10-18-16-11-14(22-2)7-8-15(16)17/h3-11,24H,1-2H3. The van der Waals surface area contributed by atoms with Crippen LogP contribution in [0.2, 0.25) is 0 Å². The molecule has 0 spiro atoms. The van der Waals surface area contributed by atoms with Crippen LogP contribution in [0.4, 0.5) is 5.69 Å². The highest BCUT2D eigenvalue weighted by atomic mass is 32.2. The quantitative estimate of drug-likeness (QED) is 0.721. The van der Waals surface area contributed by atoms with Crippen molar-refractivity contribution >= 4 is 27.5 Å². The molecule has 0 N–H and O–H groups in total. The number of hydrogen-bond donors (Lipinski definition) is 1. The first-order chi connectivity index (χ1) is 11.6. The molecule has 3 rings (SSSR count). The molecule has 6 nitrogen and oxygen atoms in total. The summed E-state index contributed by atoms with van der Waals surface area (Å²) in [5, 5.41) is 0.863. The Morgan fingerprint density at radius 1 is 1.00 bits per heavy atom. The zero-order valence-electron chi connectivity index (χ0n) is 13.2. The molecule has 0 bridgehead atoms. The lowest BCUT2D eigenvalue weighted by Gasteiger charge is -2.13. The maximum Gasteiger partial charge on any atom is 0.224 e. The number of thiol groups is 1. The summed E-state index contributed by atoms with van der Waals surface area (Å²) in [4.78, 5) is 4.31. The highest BCUT2D eigenvalue weighted by molar-refractivity contribution is 7.74. The topological polar surface area (TPSA) is 68.7 Å². The molecule has 124 valence electrons. The van der Waals surface area contributed by atoms with Gasteiger partial charge in [-0.05, 0) is 42.5 Å². The van der Waals surface area contributed by atoms with Crippen LogP contribution in [0.5, 0.6) is 17.2 Å². The normalized spacial score (nSPS) is 10.8. The van der Waals surface area contributed by atoms with E-state index in [1.807, 2.05) is 18.2 Å². The predicted octanol–water partition coefficient (Wildman–Crippen LogP) is 3.00. The molecule has 0 fully saturated rings. The summed E-state index contributed by atoms with van der Waals surface area (Å²) >= 11 is 0. The number of methoxy groups -OCH3 is 1. The zero-order chi connectivity index (χ0) is 17.1. The molecule has 0 amide bonds. The van der Waals surface area contributed by atoms with Crippen LogP contribution in [0, 0.1) is 0 Å². The SMILES string of the molecule is COc1ccc2c(Oc3ccc(N(C)[SH](=O)=O)cc3)ccnc2c1. The largest absolute Gasteiger partial charge is 0.497 e. The number of rotatable bonds is 5. The Kier molecular flexibility index (Phi) is 4.52. The molecule has 1 aromatic heterocycles. The van der Waals surface area contributed by atoms with E-state index in [1.165, 1.54) is 11.4 Å². The summed E-state index contributed by atoms with van der Waals surface area (Å²) in [7, 11) is 0.447. The van der Waals surface area contributed by atoms with Gasteiger partial charge in [0.25, 0.3) is 0 Å². The molecule has 0 atom stereocenters. The van der Waals surface area contributed by atoms with Gasteiger partial charge >= 0.3 is 0 Å². The monoisotopic (exact) mass is 344 g/mol. The third-order valence-corrected chi connectivity index (χ3v) is 4.31. The van der Waals surface area contributed by atoms with Gasteiger partial charge in [0, 0.05) is 24.7 Å². The first-order valence-corrected chi connectivity index (χ1v) is 8.30. The Labute approximate surface area is 141 Å². The van der Waals surface area contributed by atoms with Crippen LogP contribution in [0.3, 0.4) is 0 Å². The Morgan fingerprint density at radius 3 is 2.38 bits per heavy atom. The summed E-state index contributed by atoms with van der Waals surface area (Å²) in [5.74, 6) is 2.00. The van der Waals surface area contributed by atoms with Crippen LogP contribution in [0.1, 0.15) is 0 Å². The minimum Gasteiger partial charge on any atom is -0.497 e. The van der Waals surface area contributed by atoms with E-state index in [9.17, 15) is 8.42 Å². The summed E-state index contributed by atoms with van der Waals surface area (Å²) in [6, 6.07) is 14.2. The Hall–Kier alpha value is -2.80. The lowest BCUT2D eigenvalue weighted by atomic mass is 10.2. The molecule has 3 aromatic rings. The van der Waals surface area contributed by atoms with Crippen molar-refractivity contribution in [2.75, 3.05) is 18.5 Å². The number of anilines is 1. The fraction of sp³-hybridized carbons (Fsp3) is 0.118. The molecule has 2 aromatic carbocycles. The number of pyridine rings is 1. The van der Waals surface area contributed by atoms with E-state index in [0.717, 1.165) is 16.7 Å². The molecule has 0 aliphatic carbocycles. The van der Waals surface area contributed by atoms with E-state index in [1.54, 1.807) is 43.6 Å². The fourth-order valence-corrected chi connectivity index (χ4v) is 2.59. The van der Waals surface area contributed by atoms with Gasteiger partial charge in [-0.25, -0.2) is 8.42 Å². The maximum absolute atomic E-state index is 11.0. The van der Waals surface area contributed by atoms with Gasteiger partial charge in [0.1, 0.15) is 17.2 Å². The van der Waals surface area contributed by atoms with Crippen molar-refractivity contribution in [1.29, 1.82) is 0 Å². The average Bonchev–Trinajstić information content (AvgIpc) is 2.61. The number of benzene rings is 2. The van der Waals surface area contributed by atoms with Crippen molar-refractivity contribution in [3.63, 3.8) is 0 Å². The van der Waals surface area contributed by atoms with Crippen LogP contribution >= 0.6 is 0 Å². The van der Waals surface area contributed by atoms with Crippen LogP contribution in [-0.2, 0) is 10.9 Å². The van der Waals surface area contributed by atoms with E-state index in [-0.39, 0.29) is 0 Å². The van der Waals surface area contributed by atoms with Gasteiger partial charge in [0.15, 0.2) is 0 Å². The van der Waals surface area contributed by atoms with Crippen molar-refractivity contribution in [2.24, 2.45) is 0 Å². The maximum atomic E-state index is 11.0. The Balaban J connectivity index is 1.90. The Bertz CT molecular complexity index is 931. The first kappa shape index (κ1) is 16.1. The summed E-state index contributed by atoms with van der Waals surface area (Å²) in [5.41, 5.74) is 1.34. The molecule has 7 heteroatoms. The van der Waals surface area contributed by atoms with E-state index in [4.69, 9.17) is 9.47 Å². The number of fused-ring (bicyclic) bond motifs is 1. The van der Waals surface area contributed by atoms with Crippen molar-refractivity contribution in [2.45, 2.75) is 0 Å². The number of nitrogens with zero attached hydrogens (tertiary/aromatic N) is 2. The first-order valence-electron chi connectivity index (χ1n) is 7.17. The molecule has 0 unspecified atom stereocenters. The van der Waals surface area contributed by atoms with Crippen LogP contribution in [0.25, 0.3) is 10.9 Å². The minimum absolute atomic E-state index is 0.572. The molecular weight excluding hydrogens is 328 g/mol. The third-order valence-electron chi connectivity index (χ3n) is 3.59. The fourth-order valence-electron chi connectivity index (χ4n) is 2.27. The van der Waals surface area contributed by atoms with Gasteiger partial charge in [0.05, 0.1) is 18.3 Å². The van der Waals surface area contributed by atoms with Crippen molar-refractivity contribution < 1.29 is 17.9 Å². The molecule has 1 heterocycles. The van der Waals surface area contributed by atoms with Gasteiger partial charge in [-0.3, -0.25) is 9.29 Å². The predicted molar refractivity (Wildman–Crippen MR) is 93.5 cm³/mol. The van der Waals surface area contributed by atoms with Gasteiger partial charge in [-0.2, -0.15) is 0 Å². The lowest BCUT2D eigenvalue weighted by Crippen LogP contribution is -2.13. The summed E-state index contributed by atoms with van der Waals surface area (Å²) in [6.45, 7) is 0. The van der Waals surface area contributed by atoms with Gasteiger partial charge in [-0.1, -0.05) is 0 Å². The molecule has 24 heavy (non-hydrogen) atoms. The molecule has 0 saturated carbocycles. The van der Waals surface area contributed by atoms with Gasteiger partial charge in [0.2, 0.25) is 10.9 Å². The van der Waals surface area contributed by atoms with Crippen LogP contribution in [0.15, 0.2) is 54.7 Å². The Morgan fingerprint density at radius 2 is 1.71 bits per heavy atom. The second kappa shape index (κ2) is 6.76. The van der Waals surface area contributed by atoms with Crippen molar-refractivity contribution in [1.82, 2.24) is 4.98 Å². The number of hydrogen-bond acceptors (Lipinski definition) is 5. The highest BCUT2D eigenvalue weighted by Gasteiger charge is 2.07. The van der Waals surface area contributed by atoms with E-state index in [0.29, 0.717) is 17.2 Å². The second-order valence-corrected chi connectivity index (χ2v) is 6.13. The van der Waals surface area contributed by atoms with Crippen LogP contribution in [-0.4, -0.2) is 27.6 Å². The summed E-state index contributed by atoms with van der Waals surface area (Å²) < 4.78 is 34.3. The van der Waals surface area contributed by atoms with Crippen molar-refractivity contribution in [3.05, 3.63) is 54.7 Å². The molecule has 0 aliphatic heterocycles. The van der Waals surface area contributed by atoms with Gasteiger partial charge < -0.3 is 9.47 Å². The molecule has 0 aliphatic rings. The molecular formula is C17H16N2O4S. The molecule has 0 saturated heterocycles. The molecule has 0 radical (unpaired) electrons. The third kappa shape index (κ3) is 3.26. The summed E-state index contributed by atoms with van der Waals surface area (Å²) in [6.07, 6.45) is 1.67. The number of aromatic nitrogens is 1. The van der Waals surface area contributed by atoms with Crippen molar-refractivity contribution in [3.8, 4) is 17.2 Å². The average molecular weight is 344 g/mol. The second-order valence-electron chi connectivity index (χ2n) is 5.05. The van der Waals surface area contributed by atoms with E-state index >= 15 is 0 Å². The van der Waals surface area contributed by atoms with Gasteiger partial charge in [-0.15, -0.1) is 0 Å². The van der Waals surface area contributed by atoms with Crippen LogP contribution < -0.4 is 13.8 Å². The minimum atomic E-state index is -2.65. The zero-order valence-corrected chi connectivity index (χ0v) is 14.1. The van der Waals surface area contributed by atoms with E-state index in [2.05, 4.69) is 4.98 Å². The highest BCUT2D eigenvalue weighted by Crippen LogP contribution is 2.31. The van der Waals surface area contributed by atoms with E-state index < -0.39 is 10.9 Å². The smallest absolute Gasteiger partial charge is 0.224 e. The lowest BCUT2D eigenvalue weighted by molar-refractivity contribution is 0.415.